The third-order valence-electron chi connectivity index (χ3n) is 7.02. The third-order valence-corrected chi connectivity index (χ3v) is 8.07. The molecular weight excluding hydrogens is 491 g/mol. The predicted molar refractivity (Wildman–Crippen MR) is 139 cm³/mol. The molecule has 3 saturated heterocycles. The van der Waals surface area contributed by atoms with Crippen LogP contribution in [0.15, 0.2) is 84.9 Å². The van der Waals surface area contributed by atoms with Gasteiger partial charge in [-0.1, -0.05) is 86.3 Å². The molecule has 3 aliphatic rings. The van der Waals surface area contributed by atoms with Crippen LogP contribution in [0.25, 0.3) is 0 Å². The summed E-state index contributed by atoms with van der Waals surface area (Å²) in [4.78, 5) is 2.76. The maximum absolute atomic E-state index is 4.03. The summed E-state index contributed by atoms with van der Waals surface area (Å²) in [6.45, 7) is 3.40. The Bertz CT molecular complexity index is 912. The first-order chi connectivity index (χ1) is 14.8. The molecule has 31 heavy (non-hydrogen) atoms. The number of nitrogens with one attached hydrogen (secondary N) is 1. The van der Waals surface area contributed by atoms with E-state index in [2.05, 4.69) is 118 Å². The van der Waals surface area contributed by atoms with Crippen LogP contribution in [0.2, 0.25) is 0 Å². The van der Waals surface area contributed by atoms with Crippen molar-refractivity contribution in [2.75, 3.05) is 13.1 Å². The van der Waals surface area contributed by atoms with E-state index in [1.807, 2.05) is 0 Å². The Morgan fingerprint density at radius 3 is 1.94 bits per heavy atom. The highest BCUT2D eigenvalue weighted by molar-refractivity contribution is 14.1. The van der Waals surface area contributed by atoms with Crippen LogP contribution in [0.1, 0.15) is 42.9 Å². The van der Waals surface area contributed by atoms with Crippen molar-refractivity contribution in [2.45, 2.75) is 44.8 Å². The van der Waals surface area contributed by atoms with Crippen LogP contribution in [-0.2, 0) is 6.54 Å². The van der Waals surface area contributed by atoms with Crippen LogP contribution in [0, 0.1) is 9.49 Å². The van der Waals surface area contributed by atoms with Crippen molar-refractivity contribution < 1.29 is 0 Å². The number of rotatable bonds is 6. The van der Waals surface area contributed by atoms with Crippen molar-refractivity contribution in [3.63, 3.8) is 0 Å². The number of benzene rings is 3. The number of piperidine rings is 3. The molecule has 0 amide bonds. The molecule has 6 rings (SSSR count). The second-order valence-corrected chi connectivity index (χ2v) is 9.82. The zero-order valence-corrected chi connectivity index (χ0v) is 19.4. The summed E-state index contributed by atoms with van der Waals surface area (Å²) in [6, 6.07) is 32.1. The lowest BCUT2D eigenvalue weighted by Crippen LogP contribution is -2.64. The predicted octanol–water partition coefficient (Wildman–Crippen LogP) is 6.31. The van der Waals surface area contributed by atoms with Crippen LogP contribution < -0.4 is 5.32 Å². The Hall–Kier alpha value is -1.69. The van der Waals surface area contributed by atoms with Gasteiger partial charge in [0.25, 0.3) is 0 Å². The minimum Gasteiger partial charge on any atom is -0.308 e. The fraction of sp³-hybridized carbons (Fsp3) is 0.357. The highest BCUT2D eigenvalue weighted by Gasteiger charge is 2.46. The van der Waals surface area contributed by atoms with Gasteiger partial charge in [0.05, 0.1) is 0 Å². The van der Waals surface area contributed by atoms with Gasteiger partial charge in [0.2, 0.25) is 0 Å². The topological polar surface area (TPSA) is 15.3 Å². The fourth-order valence-electron chi connectivity index (χ4n) is 5.57. The number of nitrogens with zero attached hydrogens (tertiary/aromatic N) is 1. The maximum atomic E-state index is 4.03. The summed E-state index contributed by atoms with van der Waals surface area (Å²) in [5.74, 6) is 1.15. The zero-order chi connectivity index (χ0) is 20.3. The van der Waals surface area contributed by atoms with E-state index in [1.54, 1.807) is 0 Å². The van der Waals surface area contributed by atoms with Gasteiger partial charge in [-0.3, -0.25) is 4.90 Å². The van der Waals surface area contributed by atoms with Crippen LogP contribution >= 0.6 is 22.6 Å². The molecule has 2 bridgehead atoms. The second-order valence-electron chi connectivity index (χ2n) is 8.66. The van der Waals surface area contributed by atoms with E-state index in [9.17, 15) is 0 Å². The summed E-state index contributed by atoms with van der Waals surface area (Å²) >= 11 is 2.46. The van der Waals surface area contributed by atoms with Gasteiger partial charge in [0, 0.05) is 28.1 Å². The summed E-state index contributed by atoms with van der Waals surface area (Å²) in [5.41, 5.74) is 4.27. The largest absolute Gasteiger partial charge is 0.308 e. The molecule has 3 fully saturated rings. The zero-order valence-electron chi connectivity index (χ0n) is 17.3. The van der Waals surface area contributed by atoms with Crippen molar-refractivity contribution in [1.29, 1.82) is 0 Å². The normalized spacial score (nSPS) is 24.7. The van der Waals surface area contributed by atoms with E-state index in [1.165, 1.54) is 46.2 Å². The minimum atomic E-state index is 0. The Morgan fingerprint density at radius 2 is 1.35 bits per heavy atom. The smallest absolute Gasteiger partial charge is 0.0361 e. The van der Waals surface area contributed by atoms with E-state index in [4.69, 9.17) is 0 Å². The molecular formula is C28H33IN2. The Balaban J connectivity index is 0.00000231. The van der Waals surface area contributed by atoms with Crippen molar-refractivity contribution in [3.05, 3.63) is 105 Å². The molecule has 1 N–H and O–H groups in total. The average Bonchev–Trinajstić information content (AvgIpc) is 2.81. The second kappa shape index (κ2) is 10.3. The molecule has 3 heteroatoms. The van der Waals surface area contributed by atoms with E-state index < -0.39 is 0 Å². The summed E-state index contributed by atoms with van der Waals surface area (Å²) in [5, 5.41) is 4.03. The minimum absolute atomic E-state index is 0. The first-order valence-electron chi connectivity index (χ1n) is 11.1. The maximum Gasteiger partial charge on any atom is 0.0361 e. The molecule has 2 nitrogen and oxygen atoms in total. The highest BCUT2D eigenvalue weighted by atomic mass is 127. The van der Waals surface area contributed by atoms with Gasteiger partial charge in [0.15, 0.2) is 0 Å². The fourth-order valence-corrected chi connectivity index (χ4v) is 6.14. The molecule has 3 aliphatic heterocycles. The molecule has 3 aromatic rings. The van der Waals surface area contributed by atoms with Crippen molar-refractivity contribution >= 4 is 22.6 Å². The first-order valence-corrected chi connectivity index (χ1v) is 12.2. The summed E-state index contributed by atoms with van der Waals surface area (Å²) in [7, 11) is 0. The van der Waals surface area contributed by atoms with Gasteiger partial charge in [-0.2, -0.15) is 0 Å². The average molecular weight is 524 g/mol. The molecule has 0 saturated carbocycles. The standard InChI is InChI=1S/C27H29IN2.CH4/c28-24-14-8-7-13-23(24)19-29-26-22-15-17-30(18-16-22)27(26)25(20-9-3-1-4-10-20)21-11-5-2-6-12-21;/h1-14,22,25-27,29H,15-19H2;1H4/t26-,27-;/m0./s1. The van der Waals surface area contributed by atoms with Crippen molar-refractivity contribution in [3.8, 4) is 0 Å². The van der Waals surface area contributed by atoms with E-state index >= 15 is 0 Å². The van der Waals surface area contributed by atoms with Crippen LogP contribution in [-0.4, -0.2) is 30.1 Å². The summed E-state index contributed by atoms with van der Waals surface area (Å²) < 4.78 is 1.35. The van der Waals surface area contributed by atoms with E-state index in [0.29, 0.717) is 18.0 Å². The van der Waals surface area contributed by atoms with Gasteiger partial charge in [-0.05, 0) is 77.2 Å². The van der Waals surface area contributed by atoms with Crippen LogP contribution in [0.4, 0.5) is 0 Å². The first kappa shape index (κ1) is 22.5. The number of hydrogen-bond donors (Lipinski definition) is 1. The molecule has 3 heterocycles. The third kappa shape index (κ3) is 4.74. The molecule has 0 radical (unpaired) electrons. The monoisotopic (exact) mass is 524 g/mol. The van der Waals surface area contributed by atoms with E-state index in [0.717, 1.165) is 12.5 Å². The van der Waals surface area contributed by atoms with Crippen molar-refractivity contribution in [1.82, 2.24) is 10.2 Å². The quantitative estimate of drug-likeness (QED) is 0.380. The van der Waals surface area contributed by atoms with Crippen LogP contribution in [0.3, 0.4) is 0 Å². The summed E-state index contributed by atoms with van der Waals surface area (Å²) in [6.07, 6.45) is 2.63. The highest BCUT2D eigenvalue weighted by Crippen LogP contribution is 2.42. The SMILES string of the molecule is C.Ic1ccccc1CN[C@H]1C2CCN(CC2)[C@H]1C(c1ccccc1)c1ccccc1. The Kier molecular flexibility index (Phi) is 7.47. The molecule has 0 spiro atoms. The number of hydrogen-bond acceptors (Lipinski definition) is 2. The van der Waals surface area contributed by atoms with Gasteiger partial charge < -0.3 is 5.32 Å². The molecule has 162 valence electrons. The molecule has 0 aliphatic carbocycles. The van der Waals surface area contributed by atoms with Gasteiger partial charge in [0.1, 0.15) is 0 Å². The molecule has 2 atom stereocenters. The lowest BCUT2D eigenvalue weighted by atomic mass is 9.70. The number of halogens is 1. The molecule has 3 aromatic carbocycles. The van der Waals surface area contributed by atoms with E-state index in [-0.39, 0.29) is 7.43 Å². The molecule has 0 aromatic heterocycles. The Morgan fingerprint density at radius 1 is 0.806 bits per heavy atom. The number of fused-ring (bicyclic) bond motifs is 3. The Labute approximate surface area is 201 Å². The van der Waals surface area contributed by atoms with Gasteiger partial charge >= 0.3 is 0 Å². The van der Waals surface area contributed by atoms with Gasteiger partial charge in [-0.15, -0.1) is 0 Å². The molecule has 0 unspecified atom stereocenters. The van der Waals surface area contributed by atoms with Crippen molar-refractivity contribution in [2.24, 2.45) is 5.92 Å². The lowest BCUT2D eigenvalue weighted by molar-refractivity contribution is 0.00466. The lowest BCUT2D eigenvalue weighted by Gasteiger charge is -2.54. The van der Waals surface area contributed by atoms with Gasteiger partial charge in [-0.25, -0.2) is 0 Å². The van der Waals surface area contributed by atoms with Crippen LogP contribution in [0.5, 0.6) is 0 Å².